The van der Waals surface area contributed by atoms with Crippen molar-refractivity contribution in [1.82, 2.24) is 29.6 Å². The number of aryl methyl sites for hydroxylation is 3. The van der Waals surface area contributed by atoms with Gasteiger partial charge in [-0.25, -0.2) is 4.68 Å². The van der Waals surface area contributed by atoms with E-state index in [2.05, 4.69) is 25.5 Å². The molecule has 0 aliphatic carbocycles. The fraction of sp³-hybridized carbons (Fsp3) is 0.214. The Labute approximate surface area is 146 Å². The summed E-state index contributed by atoms with van der Waals surface area (Å²) in [5.74, 6) is 1.27. The lowest BCUT2D eigenvalue weighted by atomic mass is 10.2. The fourth-order valence-corrected chi connectivity index (χ4v) is 2.91. The highest BCUT2D eigenvalue weighted by Gasteiger charge is 2.17. The molecular weight excluding hydrogens is 344 g/mol. The van der Waals surface area contributed by atoms with Crippen molar-refractivity contribution in [2.75, 3.05) is 0 Å². The van der Waals surface area contributed by atoms with Gasteiger partial charge in [0.2, 0.25) is 0 Å². The maximum atomic E-state index is 11.4. The van der Waals surface area contributed by atoms with Crippen LogP contribution in [0.3, 0.4) is 0 Å². The van der Waals surface area contributed by atoms with Gasteiger partial charge in [-0.15, -0.1) is 20.4 Å². The molecule has 0 spiro atoms. The van der Waals surface area contributed by atoms with Gasteiger partial charge in [0.05, 0.1) is 16.0 Å². The number of aromatic nitrogens is 6. The zero-order valence-electron chi connectivity index (χ0n) is 13.7. The van der Waals surface area contributed by atoms with Crippen molar-refractivity contribution in [3.05, 3.63) is 51.9 Å². The molecule has 3 rings (SSSR count). The summed E-state index contributed by atoms with van der Waals surface area (Å²) in [5.41, 5.74) is 0.579. The van der Waals surface area contributed by atoms with Gasteiger partial charge in [-0.1, -0.05) is 6.07 Å². The van der Waals surface area contributed by atoms with Gasteiger partial charge in [0.15, 0.2) is 16.8 Å². The van der Waals surface area contributed by atoms with Crippen LogP contribution in [0.4, 0.5) is 5.69 Å². The Kier molecular flexibility index (Phi) is 4.57. The van der Waals surface area contributed by atoms with Crippen molar-refractivity contribution in [1.29, 1.82) is 0 Å². The third-order valence-electron chi connectivity index (χ3n) is 3.33. The third kappa shape index (κ3) is 3.55. The maximum Gasteiger partial charge on any atom is 0.283 e. The molecule has 25 heavy (non-hydrogen) atoms. The molecule has 2 aromatic heterocycles. The van der Waals surface area contributed by atoms with Crippen LogP contribution in [0.5, 0.6) is 0 Å². The van der Waals surface area contributed by atoms with E-state index in [1.54, 1.807) is 48.6 Å². The molecule has 0 aliphatic heterocycles. The Balaban J connectivity index is 1.91. The van der Waals surface area contributed by atoms with Crippen molar-refractivity contribution < 1.29 is 4.92 Å². The SMILES string of the molecule is Cc1nnc(C)n1N=Cc1ccc(Sc2nncn2C)c([N+](=O)[O-])c1. The van der Waals surface area contributed by atoms with Crippen LogP contribution in [0, 0.1) is 24.0 Å². The first-order valence-corrected chi connectivity index (χ1v) is 8.00. The van der Waals surface area contributed by atoms with Crippen molar-refractivity contribution in [3.8, 4) is 0 Å². The minimum absolute atomic E-state index is 0.0193. The van der Waals surface area contributed by atoms with Gasteiger partial charge in [-0.2, -0.15) is 5.10 Å². The predicted molar refractivity (Wildman–Crippen MR) is 90.7 cm³/mol. The summed E-state index contributed by atoms with van der Waals surface area (Å²) in [6, 6.07) is 4.89. The van der Waals surface area contributed by atoms with Crippen molar-refractivity contribution in [2.24, 2.45) is 12.1 Å². The van der Waals surface area contributed by atoms with E-state index in [0.717, 1.165) is 0 Å². The molecule has 128 valence electrons. The molecule has 11 heteroatoms. The van der Waals surface area contributed by atoms with E-state index < -0.39 is 4.92 Å². The van der Waals surface area contributed by atoms with Crippen molar-refractivity contribution >= 4 is 23.7 Å². The van der Waals surface area contributed by atoms with Crippen molar-refractivity contribution in [2.45, 2.75) is 23.9 Å². The van der Waals surface area contributed by atoms with E-state index in [4.69, 9.17) is 0 Å². The molecular formula is C14H14N8O2S. The summed E-state index contributed by atoms with van der Waals surface area (Å²) in [4.78, 5) is 11.5. The smallest absolute Gasteiger partial charge is 0.283 e. The Hall–Kier alpha value is -3.08. The molecule has 3 aromatic rings. The van der Waals surface area contributed by atoms with Gasteiger partial charge >= 0.3 is 0 Å². The highest BCUT2D eigenvalue weighted by Crippen LogP contribution is 2.33. The van der Waals surface area contributed by atoms with Crippen LogP contribution >= 0.6 is 11.8 Å². The minimum atomic E-state index is -0.425. The first-order chi connectivity index (χ1) is 12.0. The summed E-state index contributed by atoms with van der Waals surface area (Å²) in [5, 5.41) is 31.8. The number of benzene rings is 1. The lowest BCUT2D eigenvalue weighted by Gasteiger charge is -2.03. The summed E-state index contributed by atoms with van der Waals surface area (Å²) in [6.07, 6.45) is 3.08. The lowest BCUT2D eigenvalue weighted by Crippen LogP contribution is -1.98. The van der Waals surface area contributed by atoms with Crippen LogP contribution in [-0.2, 0) is 7.05 Å². The van der Waals surface area contributed by atoms with Crippen LogP contribution in [0.15, 0.2) is 39.7 Å². The van der Waals surface area contributed by atoms with Crippen LogP contribution in [0.25, 0.3) is 0 Å². The summed E-state index contributed by atoms with van der Waals surface area (Å²) < 4.78 is 3.26. The minimum Gasteiger partial charge on any atom is -0.311 e. The van der Waals surface area contributed by atoms with Gasteiger partial charge in [-0.05, 0) is 31.7 Å². The molecule has 0 atom stereocenters. The highest BCUT2D eigenvalue weighted by atomic mass is 32.2. The van der Waals surface area contributed by atoms with E-state index in [-0.39, 0.29) is 5.69 Å². The Morgan fingerprint density at radius 2 is 1.96 bits per heavy atom. The van der Waals surface area contributed by atoms with E-state index in [0.29, 0.717) is 27.3 Å². The number of nitrogens with zero attached hydrogens (tertiary/aromatic N) is 8. The molecule has 2 heterocycles. The molecule has 0 fully saturated rings. The third-order valence-corrected chi connectivity index (χ3v) is 4.44. The predicted octanol–water partition coefficient (Wildman–Crippen LogP) is 1.97. The van der Waals surface area contributed by atoms with E-state index in [1.807, 2.05) is 0 Å². The molecule has 0 radical (unpaired) electrons. The van der Waals surface area contributed by atoms with Crippen molar-refractivity contribution in [3.63, 3.8) is 0 Å². The van der Waals surface area contributed by atoms with Gasteiger partial charge in [0, 0.05) is 18.7 Å². The second-order valence-corrected chi connectivity index (χ2v) is 6.17. The second kappa shape index (κ2) is 6.81. The number of nitro benzene ring substituents is 1. The second-order valence-electron chi connectivity index (χ2n) is 5.16. The van der Waals surface area contributed by atoms with E-state index in [1.165, 1.54) is 24.0 Å². The molecule has 0 bridgehead atoms. The average molecular weight is 358 g/mol. The molecule has 1 aromatic carbocycles. The van der Waals surface area contributed by atoms with E-state index in [9.17, 15) is 10.1 Å². The number of nitro groups is 1. The standard InChI is InChI=1S/C14H14N8O2S/c1-9-17-18-10(2)21(9)16-7-11-4-5-13(12(6-11)22(23)24)25-14-19-15-8-20(14)3/h4-8H,1-3H3. The molecule has 0 unspecified atom stereocenters. The van der Waals surface area contributed by atoms with E-state index >= 15 is 0 Å². The largest absolute Gasteiger partial charge is 0.311 e. The summed E-state index contributed by atoms with van der Waals surface area (Å²) in [7, 11) is 1.78. The maximum absolute atomic E-state index is 11.4. The topological polar surface area (TPSA) is 117 Å². The van der Waals surface area contributed by atoms with Gasteiger partial charge in [0.1, 0.15) is 6.33 Å². The van der Waals surface area contributed by atoms with Crippen LogP contribution in [0.1, 0.15) is 17.2 Å². The Morgan fingerprint density at radius 3 is 2.56 bits per heavy atom. The van der Waals surface area contributed by atoms with Gasteiger partial charge < -0.3 is 4.57 Å². The normalized spacial score (nSPS) is 11.3. The zero-order valence-corrected chi connectivity index (χ0v) is 14.5. The first kappa shape index (κ1) is 16.8. The summed E-state index contributed by atoms with van der Waals surface area (Å²) in [6.45, 7) is 3.56. The molecule has 0 N–H and O–H groups in total. The molecule has 0 saturated carbocycles. The van der Waals surface area contributed by atoms with Gasteiger partial charge in [-0.3, -0.25) is 10.1 Å². The Morgan fingerprint density at radius 1 is 1.24 bits per heavy atom. The highest BCUT2D eigenvalue weighted by molar-refractivity contribution is 7.99. The first-order valence-electron chi connectivity index (χ1n) is 7.19. The van der Waals surface area contributed by atoms with Crippen LogP contribution in [0.2, 0.25) is 0 Å². The number of hydrogen-bond acceptors (Lipinski definition) is 8. The molecule has 0 aliphatic rings. The quantitative estimate of drug-likeness (QED) is 0.389. The summed E-state index contributed by atoms with van der Waals surface area (Å²) >= 11 is 1.18. The van der Waals surface area contributed by atoms with Crippen LogP contribution < -0.4 is 0 Å². The zero-order chi connectivity index (χ0) is 18.0. The fourth-order valence-electron chi connectivity index (χ4n) is 2.06. The molecule has 0 saturated heterocycles. The van der Waals surface area contributed by atoms with Gasteiger partial charge in [0.25, 0.3) is 5.69 Å². The lowest BCUT2D eigenvalue weighted by molar-refractivity contribution is -0.387. The number of rotatable bonds is 5. The molecule has 0 amide bonds. The number of hydrogen-bond donors (Lipinski definition) is 0. The van der Waals surface area contributed by atoms with Crippen LogP contribution in [-0.4, -0.2) is 40.8 Å². The monoisotopic (exact) mass is 358 g/mol. The average Bonchev–Trinajstić information content (AvgIpc) is 3.12. The Bertz CT molecular complexity index is 942. The molecule has 10 nitrogen and oxygen atoms in total.